The van der Waals surface area contributed by atoms with Crippen LogP contribution in [-0.2, 0) is 9.59 Å². The molecule has 10 heteroatoms. The van der Waals surface area contributed by atoms with Crippen molar-refractivity contribution in [1.82, 2.24) is 5.32 Å². The molecule has 0 aliphatic rings. The number of hydrogen-bond donors (Lipinski definition) is 3. The third-order valence-electron chi connectivity index (χ3n) is 5.32. The fourth-order valence-electron chi connectivity index (χ4n) is 3.51. The first-order valence-electron chi connectivity index (χ1n) is 11.9. The van der Waals surface area contributed by atoms with E-state index in [-0.39, 0.29) is 17.4 Å². The van der Waals surface area contributed by atoms with Crippen LogP contribution in [-0.4, -0.2) is 23.5 Å². The van der Waals surface area contributed by atoms with Crippen LogP contribution in [0.1, 0.15) is 15.9 Å². The van der Waals surface area contributed by atoms with Crippen LogP contribution in [0.5, 0.6) is 0 Å². The Bertz CT molecular complexity index is 1540. The maximum absolute atomic E-state index is 13.2. The fourth-order valence-corrected chi connectivity index (χ4v) is 4.93. The maximum Gasteiger partial charge on any atom is 0.272 e. The number of carbonyl (C=O) groups is 3. The zero-order chi connectivity index (χ0) is 28.5. The maximum atomic E-state index is 13.2. The summed E-state index contributed by atoms with van der Waals surface area (Å²) in [5, 5.41) is 9.61. The monoisotopic (exact) mass is 609 g/mol. The van der Waals surface area contributed by atoms with Crippen LogP contribution in [0.15, 0.2) is 108 Å². The molecule has 0 radical (unpaired) electrons. The van der Waals surface area contributed by atoms with Gasteiger partial charge in [-0.2, -0.15) is 0 Å². The smallest absolute Gasteiger partial charge is 0.272 e. The second kappa shape index (κ2) is 14.1. The molecular weight excluding hydrogens is 589 g/mol. The Morgan fingerprint density at radius 1 is 0.700 bits per heavy atom. The summed E-state index contributed by atoms with van der Waals surface area (Å²) in [5.41, 5.74) is 2.14. The van der Waals surface area contributed by atoms with Crippen molar-refractivity contribution in [2.45, 2.75) is 4.90 Å². The van der Waals surface area contributed by atoms with Crippen molar-refractivity contribution in [3.63, 3.8) is 0 Å². The number of carbonyl (C=O) groups excluding carboxylic acids is 3. The third kappa shape index (κ3) is 8.89. The van der Waals surface area contributed by atoms with Gasteiger partial charge in [-0.3, -0.25) is 14.4 Å². The van der Waals surface area contributed by atoms with Gasteiger partial charge in [0.1, 0.15) is 5.70 Å². The molecule has 0 fully saturated rings. The molecule has 0 aliphatic carbocycles. The Morgan fingerprint density at radius 2 is 1.40 bits per heavy atom. The van der Waals surface area contributed by atoms with Gasteiger partial charge in [-0.15, -0.1) is 11.8 Å². The van der Waals surface area contributed by atoms with Crippen molar-refractivity contribution in [3.05, 3.63) is 129 Å². The first-order chi connectivity index (χ1) is 19.2. The van der Waals surface area contributed by atoms with E-state index >= 15 is 0 Å². The quantitative estimate of drug-likeness (QED) is 0.133. The van der Waals surface area contributed by atoms with Crippen LogP contribution < -0.4 is 16.0 Å². The number of nitrogens with one attached hydrogen (secondary N) is 3. The van der Waals surface area contributed by atoms with E-state index in [1.165, 1.54) is 11.8 Å². The minimum Gasteiger partial charge on any atom is -0.325 e. The predicted molar refractivity (Wildman–Crippen MR) is 164 cm³/mol. The molecule has 4 aromatic rings. The van der Waals surface area contributed by atoms with E-state index in [0.29, 0.717) is 37.6 Å². The van der Waals surface area contributed by atoms with Crippen molar-refractivity contribution < 1.29 is 14.4 Å². The summed E-state index contributed by atoms with van der Waals surface area (Å²) in [6, 6.07) is 27.3. The van der Waals surface area contributed by atoms with E-state index in [0.717, 1.165) is 4.90 Å². The van der Waals surface area contributed by atoms with E-state index < -0.39 is 11.8 Å². The van der Waals surface area contributed by atoms with E-state index in [4.69, 9.17) is 34.8 Å². The highest BCUT2D eigenvalue weighted by molar-refractivity contribution is 8.00. The van der Waals surface area contributed by atoms with Gasteiger partial charge < -0.3 is 16.0 Å². The molecule has 0 atom stereocenters. The molecule has 0 aromatic heterocycles. The summed E-state index contributed by atoms with van der Waals surface area (Å²) >= 11 is 19.4. The Morgan fingerprint density at radius 3 is 2.08 bits per heavy atom. The molecule has 3 N–H and O–H groups in total. The number of halogens is 3. The third-order valence-corrected chi connectivity index (χ3v) is 7.00. The Labute approximate surface area is 250 Å². The number of rotatable bonds is 9. The highest BCUT2D eigenvalue weighted by Crippen LogP contribution is 2.24. The number of benzene rings is 4. The second-order valence-corrected chi connectivity index (χ2v) is 10.8. The van der Waals surface area contributed by atoms with Crippen molar-refractivity contribution >= 4 is 81.7 Å². The Balaban J connectivity index is 1.40. The fraction of sp³-hybridized carbons (Fsp3) is 0.0333. The van der Waals surface area contributed by atoms with Gasteiger partial charge >= 0.3 is 0 Å². The lowest BCUT2D eigenvalue weighted by Crippen LogP contribution is -2.30. The van der Waals surface area contributed by atoms with Gasteiger partial charge in [0.05, 0.1) is 5.75 Å². The number of amides is 3. The Kier molecular flexibility index (Phi) is 10.3. The van der Waals surface area contributed by atoms with Crippen LogP contribution in [0.2, 0.25) is 15.1 Å². The average Bonchev–Trinajstić information content (AvgIpc) is 2.92. The topological polar surface area (TPSA) is 87.3 Å². The molecular formula is C30H22Cl3N3O3S. The number of hydrogen-bond acceptors (Lipinski definition) is 4. The number of thioether (sulfide) groups is 1. The summed E-state index contributed by atoms with van der Waals surface area (Å²) < 4.78 is 0. The van der Waals surface area contributed by atoms with Gasteiger partial charge in [0, 0.05) is 36.9 Å². The van der Waals surface area contributed by atoms with Crippen molar-refractivity contribution in [2.24, 2.45) is 0 Å². The molecule has 4 aromatic carbocycles. The number of anilines is 2. The summed E-state index contributed by atoms with van der Waals surface area (Å²) in [4.78, 5) is 39.1. The van der Waals surface area contributed by atoms with Gasteiger partial charge in [0.2, 0.25) is 5.91 Å². The first kappa shape index (κ1) is 29.2. The van der Waals surface area contributed by atoms with Crippen molar-refractivity contribution in [3.8, 4) is 0 Å². The van der Waals surface area contributed by atoms with Crippen molar-refractivity contribution in [2.75, 3.05) is 16.4 Å². The minimum atomic E-state index is -0.510. The second-order valence-electron chi connectivity index (χ2n) is 8.41. The molecule has 0 bridgehead atoms. The molecule has 0 unspecified atom stereocenters. The molecule has 202 valence electrons. The standard InChI is InChI=1S/C30H22Cl3N3O3S/c31-21-8-4-5-19(13-21)14-27(36-29(38)20-6-2-1-3-7-20)30(39)35-24-9-11-26(12-10-24)40-18-28(37)34-25-16-22(32)15-23(33)17-25/h1-17H,18H2,(H,34,37)(H,35,39)(H,36,38)/b27-14-. The SMILES string of the molecule is O=C(CSc1ccc(NC(=O)/C(=C/c2cccc(Cl)c2)NC(=O)c2ccccc2)cc1)Nc1cc(Cl)cc(Cl)c1. The molecule has 3 amide bonds. The summed E-state index contributed by atoms with van der Waals surface area (Å²) in [5.74, 6) is -0.988. The summed E-state index contributed by atoms with van der Waals surface area (Å²) in [6.45, 7) is 0. The van der Waals surface area contributed by atoms with Crippen LogP contribution in [0.4, 0.5) is 11.4 Å². The minimum absolute atomic E-state index is 0.0485. The van der Waals surface area contributed by atoms with Gasteiger partial charge in [0.25, 0.3) is 11.8 Å². The van der Waals surface area contributed by atoms with Gasteiger partial charge in [-0.05, 0) is 78.4 Å². The molecule has 0 spiro atoms. The molecule has 0 aliphatic heterocycles. The highest BCUT2D eigenvalue weighted by atomic mass is 35.5. The summed E-state index contributed by atoms with van der Waals surface area (Å²) in [6.07, 6.45) is 1.55. The molecule has 0 saturated heterocycles. The van der Waals surface area contributed by atoms with Crippen LogP contribution in [0.25, 0.3) is 6.08 Å². The van der Waals surface area contributed by atoms with Crippen LogP contribution in [0, 0.1) is 0 Å². The first-order valence-corrected chi connectivity index (χ1v) is 14.0. The van der Waals surface area contributed by atoms with Gasteiger partial charge in [0.15, 0.2) is 0 Å². The van der Waals surface area contributed by atoms with E-state index in [1.807, 2.05) is 0 Å². The zero-order valence-corrected chi connectivity index (χ0v) is 23.9. The van der Waals surface area contributed by atoms with Crippen LogP contribution in [0.3, 0.4) is 0 Å². The Hall–Kier alpha value is -3.75. The lowest BCUT2D eigenvalue weighted by Gasteiger charge is -2.12. The zero-order valence-electron chi connectivity index (χ0n) is 20.8. The van der Waals surface area contributed by atoms with E-state index in [9.17, 15) is 14.4 Å². The predicted octanol–water partition coefficient (Wildman–Crippen LogP) is 7.79. The van der Waals surface area contributed by atoms with Crippen LogP contribution >= 0.6 is 46.6 Å². The van der Waals surface area contributed by atoms with Crippen molar-refractivity contribution in [1.29, 1.82) is 0 Å². The molecule has 6 nitrogen and oxygen atoms in total. The lowest BCUT2D eigenvalue weighted by atomic mass is 10.1. The molecule has 40 heavy (non-hydrogen) atoms. The normalized spacial score (nSPS) is 11.0. The van der Waals surface area contributed by atoms with Gasteiger partial charge in [-0.25, -0.2) is 0 Å². The molecule has 0 saturated carbocycles. The lowest BCUT2D eigenvalue weighted by molar-refractivity contribution is -0.114. The largest absolute Gasteiger partial charge is 0.325 e. The van der Waals surface area contributed by atoms with E-state index in [1.54, 1.807) is 103 Å². The average molecular weight is 611 g/mol. The molecule has 4 rings (SSSR count). The molecule has 0 heterocycles. The van der Waals surface area contributed by atoms with Gasteiger partial charge in [-0.1, -0.05) is 65.1 Å². The van der Waals surface area contributed by atoms with E-state index in [2.05, 4.69) is 16.0 Å². The highest BCUT2D eigenvalue weighted by Gasteiger charge is 2.15. The summed E-state index contributed by atoms with van der Waals surface area (Å²) in [7, 11) is 0.